The third-order valence-corrected chi connectivity index (χ3v) is 2.58. The molecule has 2 heteroatoms. The number of nitrogens with zero attached hydrogens (tertiary/aromatic N) is 2. The van der Waals surface area contributed by atoms with Crippen LogP contribution in [0.4, 0.5) is 0 Å². The molecule has 0 aliphatic heterocycles. The Bertz CT molecular complexity index is 199. The van der Waals surface area contributed by atoms with Crippen molar-refractivity contribution in [1.82, 2.24) is 9.55 Å². The Kier molecular flexibility index (Phi) is 1.93. The molecule has 11 heavy (non-hydrogen) atoms. The lowest BCUT2D eigenvalue weighted by molar-refractivity contribution is 0.282. The smallest absolute Gasteiger partial charge is 0.0945 e. The van der Waals surface area contributed by atoms with E-state index in [4.69, 9.17) is 0 Å². The van der Waals surface area contributed by atoms with E-state index in [1.807, 2.05) is 18.7 Å². The van der Waals surface area contributed by atoms with Gasteiger partial charge in [0, 0.05) is 18.9 Å². The highest BCUT2D eigenvalue weighted by molar-refractivity contribution is 4.76. The monoisotopic (exact) mass is 150 g/mol. The van der Waals surface area contributed by atoms with Gasteiger partial charge in [0.2, 0.25) is 0 Å². The molecule has 0 amide bonds. The van der Waals surface area contributed by atoms with Gasteiger partial charge in [0.15, 0.2) is 0 Å². The molecule has 0 radical (unpaired) electrons. The second-order valence-electron chi connectivity index (χ2n) is 3.39. The summed E-state index contributed by atoms with van der Waals surface area (Å²) in [5, 5.41) is 0. The lowest BCUT2D eigenvalue weighted by Crippen LogP contribution is -2.13. The fourth-order valence-corrected chi connectivity index (χ4v) is 1.53. The van der Waals surface area contributed by atoms with Gasteiger partial charge in [-0.1, -0.05) is 19.3 Å². The molecule has 0 saturated heterocycles. The molecule has 1 aliphatic carbocycles. The molecule has 0 atom stereocenters. The van der Waals surface area contributed by atoms with Crippen LogP contribution in [0.3, 0.4) is 0 Å². The summed E-state index contributed by atoms with van der Waals surface area (Å²) in [6.45, 7) is 1.16. The standard InChI is InChI=1S/C9H14N2/c1-2-9(3-1)4-6-11-7-5-10-8-11/h5,7-9H,1-4,6H2. The highest BCUT2D eigenvalue weighted by Crippen LogP contribution is 2.29. The molecule has 1 saturated carbocycles. The maximum atomic E-state index is 4.01. The Hall–Kier alpha value is -0.790. The van der Waals surface area contributed by atoms with Crippen LogP contribution >= 0.6 is 0 Å². The molecular weight excluding hydrogens is 136 g/mol. The molecule has 0 unspecified atom stereocenters. The molecule has 0 bridgehead atoms. The van der Waals surface area contributed by atoms with Crippen molar-refractivity contribution in [3.05, 3.63) is 18.7 Å². The summed E-state index contributed by atoms with van der Waals surface area (Å²) in [6.07, 6.45) is 11.5. The van der Waals surface area contributed by atoms with Crippen LogP contribution in [0, 0.1) is 5.92 Å². The molecule has 0 spiro atoms. The number of aromatic nitrogens is 2. The fraction of sp³-hybridized carbons (Fsp3) is 0.667. The zero-order valence-electron chi connectivity index (χ0n) is 6.74. The molecule has 1 aromatic rings. The molecule has 1 heterocycles. The van der Waals surface area contributed by atoms with Crippen LogP contribution in [-0.2, 0) is 6.54 Å². The highest BCUT2D eigenvalue weighted by atomic mass is 15.0. The minimum atomic E-state index is 1.01. The Labute approximate surface area is 67.3 Å². The highest BCUT2D eigenvalue weighted by Gasteiger charge is 2.16. The van der Waals surface area contributed by atoms with Crippen molar-refractivity contribution >= 4 is 0 Å². The van der Waals surface area contributed by atoms with Crippen molar-refractivity contribution in [2.24, 2.45) is 5.92 Å². The first-order valence-electron chi connectivity index (χ1n) is 4.41. The molecular formula is C9H14N2. The van der Waals surface area contributed by atoms with Crippen LogP contribution in [0.15, 0.2) is 18.7 Å². The van der Waals surface area contributed by atoms with E-state index in [1.54, 1.807) is 0 Å². The van der Waals surface area contributed by atoms with E-state index in [0.29, 0.717) is 0 Å². The first-order valence-corrected chi connectivity index (χ1v) is 4.41. The van der Waals surface area contributed by atoms with Crippen molar-refractivity contribution in [2.45, 2.75) is 32.2 Å². The Morgan fingerprint density at radius 3 is 2.91 bits per heavy atom. The average Bonchev–Trinajstić information content (AvgIpc) is 2.36. The molecule has 2 nitrogen and oxygen atoms in total. The van der Waals surface area contributed by atoms with Crippen LogP contribution in [0.5, 0.6) is 0 Å². The third kappa shape index (κ3) is 1.62. The second kappa shape index (κ2) is 3.07. The normalized spacial score (nSPS) is 18.2. The minimum absolute atomic E-state index is 1.01. The Morgan fingerprint density at radius 1 is 1.45 bits per heavy atom. The lowest BCUT2D eigenvalue weighted by atomic mass is 9.83. The summed E-state index contributed by atoms with van der Waals surface area (Å²) < 4.78 is 2.16. The molecule has 1 aromatic heterocycles. The van der Waals surface area contributed by atoms with Gasteiger partial charge in [-0.15, -0.1) is 0 Å². The van der Waals surface area contributed by atoms with Gasteiger partial charge in [0.1, 0.15) is 0 Å². The summed E-state index contributed by atoms with van der Waals surface area (Å²) in [5.41, 5.74) is 0. The van der Waals surface area contributed by atoms with E-state index in [9.17, 15) is 0 Å². The maximum Gasteiger partial charge on any atom is 0.0945 e. The van der Waals surface area contributed by atoms with E-state index in [2.05, 4.69) is 9.55 Å². The molecule has 2 rings (SSSR count). The van der Waals surface area contributed by atoms with Crippen molar-refractivity contribution in [3.8, 4) is 0 Å². The van der Waals surface area contributed by atoms with Gasteiger partial charge < -0.3 is 4.57 Å². The van der Waals surface area contributed by atoms with E-state index in [-0.39, 0.29) is 0 Å². The van der Waals surface area contributed by atoms with Crippen molar-refractivity contribution in [2.75, 3.05) is 0 Å². The summed E-state index contributed by atoms with van der Waals surface area (Å²) in [7, 11) is 0. The summed E-state index contributed by atoms with van der Waals surface area (Å²) in [4.78, 5) is 4.01. The SMILES string of the molecule is c1cn(CCC2CCC2)cn1. The zero-order chi connectivity index (χ0) is 7.52. The van der Waals surface area contributed by atoms with Gasteiger partial charge in [0.25, 0.3) is 0 Å². The number of hydrogen-bond acceptors (Lipinski definition) is 1. The summed E-state index contributed by atoms with van der Waals surface area (Å²) in [5.74, 6) is 1.01. The first kappa shape index (κ1) is 6.89. The van der Waals surface area contributed by atoms with Gasteiger partial charge >= 0.3 is 0 Å². The van der Waals surface area contributed by atoms with E-state index < -0.39 is 0 Å². The Balaban J connectivity index is 1.74. The molecule has 0 aromatic carbocycles. The predicted octanol–water partition coefficient (Wildman–Crippen LogP) is 2.07. The Morgan fingerprint density at radius 2 is 2.36 bits per heavy atom. The number of aryl methyl sites for hydroxylation is 1. The lowest BCUT2D eigenvalue weighted by Gasteiger charge is -2.25. The second-order valence-corrected chi connectivity index (χ2v) is 3.39. The fourth-order valence-electron chi connectivity index (χ4n) is 1.53. The third-order valence-electron chi connectivity index (χ3n) is 2.58. The molecule has 1 aliphatic rings. The molecule has 0 N–H and O–H groups in total. The quantitative estimate of drug-likeness (QED) is 0.645. The first-order chi connectivity index (χ1) is 5.45. The average molecular weight is 150 g/mol. The topological polar surface area (TPSA) is 17.8 Å². The van der Waals surface area contributed by atoms with E-state index >= 15 is 0 Å². The van der Waals surface area contributed by atoms with E-state index in [1.165, 1.54) is 25.7 Å². The zero-order valence-corrected chi connectivity index (χ0v) is 6.74. The van der Waals surface area contributed by atoms with Gasteiger partial charge in [-0.3, -0.25) is 0 Å². The molecule has 60 valence electrons. The summed E-state index contributed by atoms with van der Waals surface area (Å²) >= 11 is 0. The number of rotatable bonds is 3. The van der Waals surface area contributed by atoms with Gasteiger partial charge in [0.05, 0.1) is 6.33 Å². The predicted molar refractivity (Wildman–Crippen MR) is 44.2 cm³/mol. The van der Waals surface area contributed by atoms with Crippen LogP contribution in [0.2, 0.25) is 0 Å². The maximum absolute atomic E-state index is 4.01. The minimum Gasteiger partial charge on any atom is -0.337 e. The van der Waals surface area contributed by atoms with Gasteiger partial charge in [-0.2, -0.15) is 0 Å². The summed E-state index contributed by atoms with van der Waals surface area (Å²) in [6, 6.07) is 0. The largest absolute Gasteiger partial charge is 0.337 e. The number of hydrogen-bond donors (Lipinski definition) is 0. The van der Waals surface area contributed by atoms with Crippen LogP contribution < -0.4 is 0 Å². The number of imidazole rings is 1. The van der Waals surface area contributed by atoms with Crippen molar-refractivity contribution < 1.29 is 0 Å². The van der Waals surface area contributed by atoms with Crippen molar-refractivity contribution in [1.29, 1.82) is 0 Å². The van der Waals surface area contributed by atoms with E-state index in [0.717, 1.165) is 12.5 Å². The molecule has 1 fully saturated rings. The van der Waals surface area contributed by atoms with Crippen LogP contribution in [0.1, 0.15) is 25.7 Å². The van der Waals surface area contributed by atoms with Crippen LogP contribution in [-0.4, -0.2) is 9.55 Å². The van der Waals surface area contributed by atoms with Crippen LogP contribution in [0.25, 0.3) is 0 Å². The van der Waals surface area contributed by atoms with Gasteiger partial charge in [-0.25, -0.2) is 4.98 Å². The van der Waals surface area contributed by atoms with Gasteiger partial charge in [-0.05, 0) is 12.3 Å². The van der Waals surface area contributed by atoms with Crippen molar-refractivity contribution in [3.63, 3.8) is 0 Å².